The van der Waals surface area contributed by atoms with Crippen LogP contribution >= 0.6 is 0 Å². The van der Waals surface area contributed by atoms with Crippen molar-refractivity contribution in [2.45, 2.75) is 4.90 Å². The van der Waals surface area contributed by atoms with Crippen molar-refractivity contribution in [2.24, 2.45) is 0 Å². The Morgan fingerprint density at radius 1 is 1.00 bits per heavy atom. The first-order chi connectivity index (χ1) is 13.5. The number of pyridine rings is 1. The molecule has 7 heteroatoms. The predicted molar refractivity (Wildman–Crippen MR) is 108 cm³/mol. The van der Waals surface area contributed by atoms with Gasteiger partial charge in [0.15, 0.2) is 0 Å². The molecule has 3 rings (SSSR count). The second-order valence-corrected chi connectivity index (χ2v) is 7.52. The maximum atomic E-state index is 12.6. The molecule has 142 valence electrons. The first-order valence-electron chi connectivity index (χ1n) is 8.38. The molecule has 0 fully saturated rings. The minimum atomic E-state index is -3.78. The summed E-state index contributed by atoms with van der Waals surface area (Å²) < 4.78 is 32.3. The van der Waals surface area contributed by atoms with E-state index in [1.165, 1.54) is 31.4 Å². The largest absolute Gasteiger partial charge is 0.465 e. The van der Waals surface area contributed by atoms with Crippen molar-refractivity contribution in [3.63, 3.8) is 0 Å². The van der Waals surface area contributed by atoms with Crippen LogP contribution in [0.4, 0.5) is 5.69 Å². The van der Waals surface area contributed by atoms with Crippen LogP contribution in [0, 0.1) is 0 Å². The van der Waals surface area contributed by atoms with Crippen LogP contribution in [0.15, 0.2) is 77.8 Å². The van der Waals surface area contributed by atoms with Gasteiger partial charge in [0.2, 0.25) is 0 Å². The summed E-state index contributed by atoms with van der Waals surface area (Å²) >= 11 is 0. The van der Waals surface area contributed by atoms with Crippen LogP contribution in [-0.2, 0) is 14.8 Å². The highest BCUT2D eigenvalue weighted by Gasteiger charge is 2.15. The molecule has 1 heterocycles. The van der Waals surface area contributed by atoms with Gasteiger partial charge in [0, 0.05) is 11.9 Å². The molecule has 0 amide bonds. The number of methoxy groups -OCH3 is 1. The van der Waals surface area contributed by atoms with Crippen LogP contribution in [0.2, 0.25) is 0 Å². The van der Waals surface area contributed by atoms with Gasteiger partial charge in [-0.15, -0.1) is 0 Å². The van der Waals surface area contributed by atoms with Gasteiger partial charge in [0.25, 0.3) is 10.0 Å². The summed E-state index contributed by atoms with van der Waals surface area (Å²) in [6.07, 6.45) is 5.40. The van der Waals surface area contributed by atoms with Crippen LogP contribution in [0.5, 0.6) is 0 Å². The molecule has 0 spiro atoms. The molecule has 0 aliphatic heterocycles. The van der Waals surface area contributed by atoms with Gasteiger partial charge in [-0.2, -0.15) is 0 Å². The van der Waals surface area contributed by atoms with Crippen LogP contribution in [0.1, 0.15) is 21.6 Å². The van der Waals surface area contributed by atoms with Gasteiger partial charge in [-0.1, -0.05) is 24.3 Å². The van der Waals surface area contributed by atoms with E-state index in [1.54, 1.807) is 24.4 Å². The third kappa shape index (κ3) is 4.83. The van der Waals surface area contributed by atoms with Gasteiger partial charge in [-0.05, 0) is 60.2 Å². The van der Waals surface area contributed by atoms with Crippen LogP contribution in [0.25, 0.3) is 12.2 Å². The van der Waals surface area contributed by atoms with Crippen molar-refractivity contribution >= 4 is 33.8 Å². The molecule has 2 aromatic carbocycles. The monoisotopic (exact) mass is 394 g/mol. The number of carbonyl (C=O) groups excluding carboxylic acids is 1. The number of nitrogens with one attached hydrogen (secondary N) is 1. The van der Waals surface area contributed by atoms with E-state index in [-0.39, 0.29) is 10.5 Å². The molecule has 3 aromatic rings. The van der Waals surface area contributed by atoms with Gasteiger partial charge in [-0.25, -0.2) is 13.2 Å². The van der Waals surface area contributed by atoms with E-state index in [4.69, 9.17) is 0 Å². The van der Waals surface area contributed by atoms with Crippen molar-refractivity contribution in [1.82, 2.24) is 4.98 Å². The van der Waals surface area contributed by atoms with E-state index >= 15 is 0 Å². The lowest BCUT2D eigenvalue weighted by atomic mass is 10.2. The average Bonchev–Trinajstić information content (AvgIpc) is 2.72. The average molecular weight is 394 g/mol. The van der Waals surface area contributed by atoms with Crippen LogP contribution in [-0.4, -0.2) is 26.5 Å². The molecule has 0 atom stereocenters. The molecular weight excluding hydrogens is 376 g/mol. The molecule has 0 aliphatic carbocycles. The van der Waals surface area contributed by atoms with E-state index in [1.807, 2.05) is 36.4 Å². The van der Waals surface area contributed by atoms with Crippen molar-refractivity contribution in [2.75, 3.05) is 11.8 Å². The SMILES string of the molecule is COC(=O)c1ccc(S(=O)(=O)Nc2cccc(/C=C/c3ccccn3)c2)cc1. The molecule has 28 heavy (non-hydrogen) atoms. The van der Waals surface area contributed by atoms with E-state index in [0.29, 0.717) is 5.69 Å². The van der Waals surface area contributed by atoms with Crippen LogP contribution in [0.3, 0.4) is 0 Å². The van der Waals surface area contributed by atoms with Crippen molar-refractivity contribution in [1.29, 1.82) is 0 Å². The number of hydrogen-bond donors (Lipinski definition) is 1. The Kier molecular flexibility index (Phi) is 5.86. The highest BCUT2D eigenvalue weighted by Crippen LogP contribution is 2.19. The Labute approximate surface area is 163 Å². The van der Waals surface area contributed by atoms with Crippen molar-refractivity contribution < 1.29 is 17.9 Å². The van der Waals surface area contributed by atoms with Crippen molar-refractivity contribution in [3.8, 4) is 0 Å². The van der Waals surface area contributed by atoms with Gasteiger partial charge in [-0.3, -0.25) is 9.71 Å². The van der Waals surface area contributed by atoms with Gasteiger partial charge in [0.1, 0.15) is 0 Å². The van der Waals surface area contributed by atoms with E-state index < -0.39 is 16.0 Å². The number of aromatic nitrogens is 1. The normalized spacial score (nSPS) is 11.3. The number of ether oxygens (including phenoxy) is 1. The molecule has 0 saturated carbocycles. The lowest BCUT2D eigenvalue weighted by Gasteiger charge is -2.09. The lowest BCUT2D eigenvalue weighted by molar-refractivity contribution is 0.0600. The molecular formula is C21H18N2O4S. The minimum absolute atomic E-state index is 0.0505. The zero-order chi connectivity index (χ0) is 20.0. The number of sulfonamides is 1. The molecule has 1 aromatic heterocycles. The van der Waals surface area contributed by atoms with Gasteiger partial charge in [0.05, 0.1) is 23.3 Å². The topological polar surface area (TPSA) is 85.4 Å². The zero-order valence-electron chi connectivity index (χ0n) is 15.1. The number of hydrogen-bond acceptors (Lipinski definition) is 5. The summed E-state index contributed by atoms with van der Waals surface area (Å²) in [5.74, 6) is -0.524. The smallest absolute Gasteiger partial charge is 0.337 e. The first-order valence-corrected chi connectivity index (χ1v) is 9.87. The number of nitrogens with zero attached hydrogens (tertiary/aromatic N) is 1. The molecule has 0 aliphatic rings. The summed E-state index contributed by atoms with van der Waals surface area (Å²) in [6.45, 7) is 0. The Bertz CT molecular complexity index is 1090. The summed E-state index contributed by atoms with van der Waals surface area (Å²) in [5, 5.41) is 0. The summed E-state index contributed by atoms with van der Waals surface area (Å²) in [5.41, 5.74) is 2.34. The third-order valence-electron chi connectivity index (χ3n) is 3.86. The standard InChI is InChI=1S/C21H18N2O4S/c1-27-21(24)17-9-12-20(13-10-17)28(25,26)23-19-7-4-5-16(15-19)8-11-18-6-2-3-14-22-18/h2-15,23H,1H3/b11-8+. The number of benzene rings is 2. The van der Waals surface area contributed by atoms with E-state index in [0.717, 1.165) is 11.3 Å². The highest BCUT2D eigenvalue weighted by atomic mass is 32.2. The molecule has 1 N–H and O–H groups in total. The highest BCUT2D eigenvalue weighted by molar-refractivity contribution is 7.92. The lowest BCUT2D eigenvalue weighted by Crippen LogP contribution is -2.13. The number of carbonyl (C=O) groups is 1. The minimum Gasteiger partial charge on any atom is -0.465 e. The van der Waals surface area contributed by atoms with E-state index in [2.05, 4.69) is 14.4 Å². The summed E-state index contributed by atoms with van der Waals surface area (Å²) in [7, 11) is -2.52. The van der Waals surface area contributed by atoms with Crippen LogP contribution < -0.4 is 4.72 Å². The molecule has 0 saturated heterocycles. The fourth-order valence-corrected chi connectivity index (χ4v) is 3.51. The fourth-order valence-electron chi connectivity index (χ4n) is 2.46. The van der Waals surface area contributed by atoms with Gasteiger partial charge >= 0.3 is 5.97 Å². The maximum absolute atomic E-state index is 12.6. The summed E-state index contributed by atoms with van der Waals surface area (Å²) in [4.78, 5) is 15.7. The molecule has 0 unspecified atom stereocenters. The maximum Gasteiger partial charge on any atom is 0.337 e. The third-order valence-corrected chi connectivity index (χ3v) is 5.26. The molecule has 0 bridgehead atoms. The van der Waals surface area contributed by atoms with Gasteiger partial charge < -0.3 is 4.74 Å². The summed E-state index contributed by atoms with van der Waals surface area (Å²) in [6, 6.07) is 18.2. The Morgan fingerprint density at radius 3 is 2.46 bits per heavy atom. The quantitative estimate of drug-likeness (QED) is 0.642. The fraction of sp³-hybridized carbons (Fsp3) is 0.0476. The first kappa shape index (κ1) is 19.3. The number of rotatable bonds is 6. The predicted octanol–water partition coefficient (Wildman–Crippen LogP) is 3.84. The number of anilines is 1. The zero-order valence-corrected chi connectivity index (χ0v) is 15.9. The number of esters is 1. The second-order valence-electron chi connectivity index (χ2n) is 5.83. The second kappa shape index (κ2) is 8.49. The molecule has 0 radical (unpaired) electrons. The van der Waals surface area contributed by atoms with E-state index in [9.17, 15) is 13.2 Å². The molecule has 6 nitrogen and oxygen atoms in total. The Morgan fingerprint density at radius 2 is 1.79 bits per heavy atom. The Hall–Kier alpha value is -3.45. The Balaban J connectivity index is 1.77. The van der Waals surface area contributed by atoms with Crippen molar-refractivity contribution in [3.05, 3.63) is 89.7 Å².